The quantitative estimate of drug-likeness (QED) is 0.580. The molecule has 1 heterocycles. The zero-order valence-electron chi connectivity index (χ0n) is 16.2. The molecule has 3 aliphatic rings. The molecule has 0 spiro atoms. The first-order chi connectivity index (χ1) is 13.8. The van der Waals surface area contributed by atoms with Crippen LogP contribution in [0, 0.1) is 63.7 Å². The van der Waals surface area contributed by atoms with Gasteiger partial charge in [-0.2, -0.15) is 0 Å². The Balaban J connectivity index is 0.000000352. The van der Waals surface area contributed by atoms with E-state index >= 15 is 0 Å². The van der Waals surface area contributed by atoms with Crippen molar-refractivity contribution in [2.45, 2.75) is 11.6 Å². The van der Waals surface area contributed by atoms with Crippen molar-refractivity contribution in [1.82, 2.24) is 4.90 Å². The van der Waals surface area contributed by atoms with Crippen LogP contribution in [0.2, 0.25) is 0 Å². The van der Waals surface area contributed by atoms with Crippen LogP contribution in [0.3, 0.4) is 0 Å². The van der Waals surface area contributed by atoms with Gasteiger partial charge in [0.2, 0.25) is 0 Å². The molecule has 1 N–H and O–H groups in total. The second-order valence-electron chi connectivity index (χ2n) is 7.20. The molecule has 0 bridgehead atoms. The van der Waals surface area contributed by atoms with Crippen molar-refractivity contribution in [2.24, 2.45) is 0 Å². The fraction of sp³-hybridized carbons (Fsp3) is 0.154. The summed E-state index contributed by atoms with van der Waals surface area (Å²) in [5.74, 6) is 1.30. The van der Waals surface area contributed by atoms with Crippen molar-refractivity contribution in [3.63, 3.8) is 0 Å². The molecular weight excluding hydrogens is 398 g/mol. The molecule has 3 heteroatoms. The van der Waals surface area contributed by atoms with E-state index in [1.807, 2.05) is 92.8 Å². The zero-order valence-corrected chi connectivity index (χ0v) is 17.3. The largest absolute Gasteiger partial charge is 2.00 e. The maximum absolute atomic E-state index is 11.7. The first kappa shape index (κ1) is 22.6. The van der Waals surface area contributed by atoms with Gasteiger partial charge in [0.25, 0.3) is 0 Å². The van der Waals surface area contributed by atoms with E-state index in [1.54, 1.807) is 0 Å². The molecule has 1 saturated heterocycles. The smallest absolute Gasteiger partial charge is 0.379 e. The average Bonchev–Trinajstić information content (AvgIpc) is 3.15. The van der Waals surface area contributed by atoms with Gasteiger partial charge in [0.1, 0.15) is 5.60 Å². The zero-order chi connectivity index (χ0) is 19.2. The van der Waals surface area contributed by atoms with Gasteiger partial charge < -0.3 is 5.11 Å². The molecule has 146 valence electrons. The minimum atomic E-state index is -0.963. The maximum Gasteiger partial charge on any atom is 2.00 e. The van der Waals surface area contributed by atoms with Crippen LogP contribution in [0.1, 0.15) is 11.1 Å². The Morgan fingerprint density at radius 2 is 1.17 bits per heavy atom. The molecule has 5 rings (SSSR count). The molecule has 2 nitrogen and oxygen atoms in total. The number of nitrogens with zero attached hydrogens (tertiary/aromatic N) is 1. The van der Waals surface area contributed by atoms with E-state index in [4.69, 9.17) is 0 Å². The van der Waals surface area contributed by atoms with Crippen LogP contribution in [-0.2, 0) is 22.7 Å². The van der Waals surface area contributed by atoms with E-state index in [1.165, 1.54) is 5.92 Å². The van der Waals surface area contributed by atoms with Crippen LogP contribution in [0.4, 0.5) is 0 Å². The number of hydrogen-bond donors (Lipinski definition) is 1. The summed E-state index contributed by atoms with van der Waals surface area (Å²) in [5.41, 5.74) is 0.956. The predicted molar refractivity (Wildman–Crippen MR) is 113 cm³/mol. The fourth-order valence-corrected chi connectivity index (χ4v) is 3.76. The molecule has 0 amide bonds. The number of hydrogen-bond acceptors (Lipinski definition) is 2. The number of rotatable bonds is 5. The van der Waals surface area contributed by atoms with Gasteiger partial charge in [0, 0.05) is 13.1 Å². The minimum absolute atomic E-state index is 0. The molecular formula is C26H25FeNO+2. The summed E-state index contributed by atoms with van der Waals surface area (Å²) in [4.78, 5) is 2.33. The van der Waals surface area contributed by atoms with Crippen LogP contribution < -0.4 is 0 Å². The Morgan fingerprint density at radius 1 is 0.724 bits per heavy atom. The molecule has 1 unspecified atom stereocenters. The second kappa shape index (κ2) is 10.8. The second-order valence-corrected chi connectivity index (χ2v) is 7.20. The van der Waals surface area contributed by atoms with Crippen LogP contribution in [0.25, 0.3) is 0 Å². The molecule has 1 aliphatic heterocycles. The first-order valence-corrected chi connectivity index (χ1v) is 9.73. The summed E-state index contributed by atoms with van der Waals surface area (Å²) in [6.07, 6.45) is 18.4. The van der Waals surface area contributed by atoms with Gasteiger partial charge in [-0.3, -0.25) is 4.90 Å². The summed E-state index contributed by atoms with van der Waals surface area (Å²) in [7, 11) is 0. The first-order valence-electron chi connectivity index (χ1n) is 9.73. The normalized spacial score (nSPS) is 23.8. The molecule has 0 aromatic heterocycles. The van der Waals surface area contributed by atoms with E-state index in [-0.39, 0.29) is 23.1 Å². The van der Waals surface area contributed by atoms with Crippen LogP contribution in [0.15, 0.2) is 60.7 Å². The van der Waals surface area contributed by atoms with Gasteiger partial charge in [0.05, 0.1) is 6.04 Å². The van der Waals surface area contributed by atoms with Gasteiger partial charge in [-0.15, -0.1) is 0 Å². The minimum Gasteiger partial charge on any atom is -0.379 e. The summed E-state index contributed by atoms with van der Waals surface area (Å²) in [6, 6.07) is 20.1. The van der Waals surface area contributed by atoms with Crippen molar-refractivity contribution in [3.8, 4) is 0 Å². The van der Waals surface area contributed by atoms with Crippen LogP contribution in [0.5, 0.6) is 0 Å². The van der Waals surface area contributed by atoms with Gasteiger partial charge in [-0.05, 0) is 74.8 Å². The van der Waals surface area contributed by atoms with Crippen LogP contribution in [-0.4, -0.2) is 29.1 Å². The summed E-state index contributed by atoms with van der Waals surface area (Å²) < 4.78 is 0. The molecule has 10 radical (unpaired) electrons. The molecule has 3 fully saturated rings. The average molecular weight is 423 g/mol. The van der Waals surface area contributed by atoms with Gasteiger partial charge >= 0.3 is 17.1 Å². The summed E-state index contributed by atoms with van der Waals surface area (Å²) >= 11 is 0. The predicted octanol–water partition coefficient (Wildman–Crippen LogP) is 4.03. The van der Waals surface area contributed by atoms with Gasteiger partial charge in [-0.25, -0.2) is 0 Å². The Morgan fingerprint density at radius 3 is 1.62 bits per heavy atom. The summed E-state index contributed by atoms with van der Waals surface area (Å²) in [6.45, 7) is 1.80. The molecule has 2 saturated carbocycles. The van der Waals surface area contributed by atoms with Gasteiger partial charge in [0.15, 0.2) is 0 Å². The van der Waals surface area contributed by atoms with Crippen molar-refractivity contribution in [3.05, 3.63) is 135 Å². The Bertz CT molecular complexity index is 663. The standard InChI is InChI=1S/C21H20NO.C5H5.Fe/c23-21(18-11-3-1-4-12-18,19-13-5-2-6-14-19)20-16-22(20)15-17-9-7-8-10-17;1-2-4-5-3-1;/h1-14,20,23H,15-16H2;1-5H;/q;;+2/t20-,22?;;/m0../s1. The summed E-state index contributed by atoms with van der Waals surface area (Å²) in [5, 5.41) is 11.7. The third-order valence-electron chi connectivity index (χ3n) is 5.30. The van der Waals surface area contributed by atoms with E-state index in [0.717, 1.165) is 24.2 Å². The van der Waals surface area contributed by atoms with Crippen molar-refractivity contribution < 1.29 is 22.2 Å². The van der Waals surface area contributed by atoms with E-state index in [0.29, 0.717) is 0 Å². The van der Waals surface area contributed by atoms with E-state index in [9.17, 15) is 5.11 Å². The molecule has 2 aromatic rings. The molecule has 29 heavy (non-hydrogen) atoms. The maximum atomic E-state index is 11.7. The van der Waals surface area contributed by atoms with Crippen molar-refractivity contribution >= 4 is 0 Å². The SMILES string of the molecule is OC(c1ccccc1)(c1ccccc1)[C@@H]1CN1C[C]1[CH][CH][CH][CH]1.[CH]1[CH][CH][CH][CH]1.[Fe+2]. The monoisotopic (exact) mass is 423 g/mol. The molecule has 2 aromatic carbocycles. The Labute approximate surface area is 187 Å². The number of benzene rings is 2. The molecule has 2 atom stereocenters. The van der Waals surface area contributed by atoms with Crippen LogP contribution >= 0.6 is 0 Å². The Hall–Kier alpha value is -1.12. The molecule has 2 aliphatic carbocycles. The van der Waals surface area contributed by atoms with Gasteiger partial charge in [-0.1, -0.05) is 60.7 Å². The van der Waals surface area contributed by atoms with E-state index in [2.05, 4.69) is 30.6 Å². The Kier molecular flexibility index (Phi) is 8.38. The topological polar surface area (TPSA) is 23.2 Å². The third kappa shape index (κ3) is 5.52. The fourth-order valence-electron chi connectivity index (χ4n) is 3.76. The number of aliphatic hydroxyl groups is 1. The van der Waals surface area contributed by atoms with Crippen molar-refractivity contribution in [2.75, 3.05) is 13.1 Å². The van der Waals surface area contributed by atoms with Crippen molar-refractivity contribution in [1.29, 1.82) is 0 Å². The van der Waals surface area contributed by atoms with E-state index < -0.39 is 5.60 Å². The third-order valence-corrected chi connectivity index (χ3v) is 5.30.